The molecule has 0 spiro atoms. The maximum absolute atomic E-state index is 12.0. The Morgan fingerprint density at radius 2 is 2.18 bits per heavy atom. The summed E-state index contributed by atoms with van der Waals surface area (Å²) >= 11 is 0. The number of carbonyl (C=O) groups is 1. The number of hydrogen-bond acceptors (Lipinski definition) is 4. The molecule has 0 saturated carbocycles. The molecule has 0 fully saturated rings. The van der Waals surface area contributed by atoms with Crippen LogP contribution >= 0.6 is 0 Å². The van der Waals surface area contributed by atoms with Crippen LogP contribution in [0.25, 0.3) is 10.9 Å². The van der Waals surface area contributed by atoms with Crippen molar-refractivity contribution in [2.75, 3.05) is 0 Å². The van der Waals surface area contributed by atoms with Gasteiger partial charge < -0.3 is 5.11 Å². The standard InChI is InChI=1S/C11H11N3O3/c1-2-9(11(16)17)14-10(15)7-5-3-4-6-8(7)12-13-14/h3-6,9H,2H2,1H3,(H,16,17). The van der Waals surface area contributed by atoms with Gasteiger partial charge in [0.2, 0.25) is 0 Å². The summed E-state index contributed by atoms with van der Waals surface area (Å²) in [6.07, 6.45) is 0.280. The van der Waals surface area contributed by atoms with Gasteiger partial charge in [0, 0.05) is 0 Å². The summed E-state index contributed by atoms with van der Waals surface area (Å²) in [7, 11) is 0. The van der Waals surface area contributed by atoms with E-state index in [0.29, 0.717) is 10.9 Å². The Bertz CT molecular complexity index is 621. The van der Waals surface area contributed by atoms with Gasteiger partial charge >= 0.3 is 5.97 Å². The smallest absolute Gasteiger partial charge is 0.328 e. The van der Waals surface area contributed by atoms with E-state index >= 15 is 0 Å². The molecule has 0 bridgehead atoms. The first-order chi connectivity index (χ1) is 8.15. The molecule has 1 aromatic carbocycles. The van der Waals surface area contributed by atoms with E-state index in [4.69, 9.17) is 5.11 Å². The zero-order chi connectivity index (χ0) is 12.4. The van der Waals surface area contributed by atoms with Crippen LogP contribution in [0.2, 0.25) is 0 Å². The molecule has 17 heavy (non-hydrogen) atoms. The van der Waals surface area contributed by atoms with E-state index in [9.17, 15) is 9.59 Å². The van der Waals surface area contributed by atoms with Crippen molar-refractivity contribution in [2.45, 2.75) is 19.4 Å². The SMILES string of the molecule is CCC(C(=O)O)n1nnc2ccccc2c1=O. The van der Waals surface area contributed by atoms with E-state index in [1.54, 1.807) is 31.2 Å². The predicted molar refractivity (Wildman–Crippen MR) is 60.8 cm³/mol. The Kier molecular flexibility index (Phi) is 2.86. The van der Waals surface area contributed by atoms with E-state index in [1.807, 2.05) is 0 Å². The molecule has 1 aromatic heterocycles. The molecule has 1 heterocycles. The summed E-state index contributed by atoms with van der Waals surface area (Å²) in [5, 5.41) is 16.9. The third-order valence-electron chi connectivity index (χ3n) is 2.56. The number of carboxylic acid groups (broad SMARTS) is 1. The molecule has 0 aliphatic rings. The normalized spacial score (nSPS) is 12.5. The molecule has 0 aliphatic heterocycles. The average molecular weight is 233 g/mol. The molecule has 2 aromatic rings. The van der Waals surface area contributed by atoms with Crippen LogP contribution in [0.4, 0.5) is 0 Å². The van der Waals surface area contributed by atoms with Crippen LogP contribution < -0.4 is 5.56 Å². The molecule has 1 N–H and O–H groups in total. The average Bonchev–Trinajstić information content (AvgIpc) is 2.33. The zero-order valence-electron chi connectivity index (χ0n) is 9.20. The lowest BCUT2D eigenvalue weighted by Crippen LogP contribution is -2.32. The summed E-state index contributed by atoms with van der Waals surface area (Å²) in [6.45, 7) is 1.68. The van der Waals surface area contributed by atoms with Crippen LogP contribution in [-0.4, -0.2) is 26.1 Å². The van der Waals surface area contributed by atoms with Gasteiger partial charge in [-0.2, -0.15) is 4.68 Å². The van der Waals surface area contributed by atoms with E-state index < -0.39 is 17.6 Å². The van der Waals surface area contributed by atoms with Crippen molar-refractivity contribution < 1.29 is 9.90 Å². The van der Waals surface area contributed by atoms with Crippen LogP contribution in [-0.2, 0) is 4.79 Å². The van der Waals surface area contributed by atoms with E-state index in [1.165, 1.54) is 0 Å². The van der Waals surface area contributed by atoms with Gasteiger partial charge in [0.15, 0.2) is 6.04 Å². The van der Waals surface area contributed by atoms with Crippen LogP contribution in [0.3, 0.4) is 0 Å². The van der Waals surface area contributed by atoms with Gasteiger partial charge in [0.25, 0.3) is 5.56 Å². The molecule has 6 heteroatoms. The molecular formula is C11H11N3O3. The highest BCUT2D eigenvalue weighted by molar-refractivity contribution is 5.77. The highest BCUT2D eigenvalue weighted by Crippen LogP contribution is 2.09. The number of aliphatic carboxylic acids is 1. The minimum Gasteiger partial charge on any atom is -0.480 e. The monoisotopic (exact) mass is 233 g/mol. The second kappa shape index (κ2) is 4.32. The first-order valence-corrected chi connectivity index (χ1v) is 5.22. The lowest BCUT2D eigenvalue weighted by atomic mass is 10.2. The van der Waals surface area contributed by atoms with Crippen molar-refractivity contribution in [3.8, 4) is 0 Å². The zero-order valence-corrected chi connectivity index (χ0v) is 9.20. The Balaban J connectivity index is 2.68. The Morgan fingerprint density at radius 1 is 1.47 bits per heavy atom. The molecule has 0 saturated heterocycles. The van der Waals surface area contributed by atoms with E-state index in [-0.39, 0.29) is 6.42 Å². The fourth-order valence-corrected chi connectivity index (χ4v) is 1.66. The van der Waals surface area contributed by atoms with Crippen molar-refractivity contribution in [3.63, 3.8) is 0 Å². The summed E-state index contributed by atoms with van der Waals surface area (Å²) in [5.41, 5.74) is 0.0406. The minimum atomic E-state index is -1.08. The lowest BCUT2D eigenvalue weighted by molar-refractivity contribution is -0.141. The fraction of sp³-hybridized carbons (Fsp3) is 0.273. The summed E-state index contributed by atoms with van der Waals surface area (Å²) < 4.78 is 0.921. The van der Waals surface area contributed by atoms with E-state index in [2.05, 4.69) is 10.3 Å². The Morgan fingerprint density at radius 3 is 2.82 bits per heavy atom. The number of rotatable bonds is 3. The summed E-state index contributed by atoms with van der Waals surface area (Å²) in [5.74, 6) is -1.08. The van der Waals surface area contributed by atoms with Crippen LogP contribution in [0, 0.1) is 0 Å². The highest BCUT2D eigenvalue weighted by Gasteiger charge is 2.20. The molecule has 0 amide bonds. The first kappa shape index (κ1) is 11.3. The van der Waals surface area contributed by atoms with Crippen molar-refractivity contribution in [1.82, 2.24) is 15.0 Å². The molecule has 1 atom stereocenters. The van der Waals surface area contributed by atoms with Crippen LogP contribution in [0.5, 0.6) is 0 Å². The minimum absolute atomic E-state index is 0.280. The predicted octanol–water partition coefficient (Wildman–Crippen LogP) is 0.827. The van der Waals surface area contributed by atoms with Gasteiger partial charge in [-0.25, -0.2) is 4.79 Å². The molecule has 0 aliphatic carbocycles. The largest absolute Gasteiger partial charge is 0.480 e. The maximum atomic E-state index is 12.0. The fourth-order valence-electron chi connectivity index (χ4n) is 1.66. The molecule has 6 nitrogen and oxygen atoms in total. The van der Waals surface area contributed by atoms with Crippen molar-refractivity contribution in [3.05, 3.63) is 34.6 Å². The maximum Gasteiger partial charge on any atom is 0.328 e. The van der Waals surface area contributed by atoms with E-state index in [0.717, 1.165) is 4.68 Å². The molecule has 0 radical (unpaired) electrons. The molecule has 2 rings (SSSR count). The second-order valence-corrected chi connectivity index (χ2v) is 3.62. The van der Waals surface area contributed by atoms with Crippen molar-refractivity contribution in [2.24, 2.45) is 0 Å². The summed E-state index contributed by atoms with van der Waals surface area (Å²) in [6, 6.07) is 5.75. The molecule has 1 unspecified atom stereocenters. The van der Waals surface area contributed by atoms with Gasteiger partial charge in [0.05, 0.1) is 5.39 Å². The summed E-state index contributed by atoms with van der Waals surface area (Å²) in [4.78, 5) is 23.0. The topological polar surface area (TPSA) is 85.1 Å². The van der Waals surface area contributed by atoms with Crippen molar-refractivity contribution in [1.29, 1.82) is 0 Å². The molecule has 88 valence electrons. The number of nitrogens with zero attached hydrogens (tertiary/aromatic N) is 3. The quantitative estimate of drug-likeness (QED) is 0.848. The number of carboxylic acids is 1. The van der Waals surface area contributed by atoms with Gasteiger partial charge in [-0.1, -0.05) is 24.3 Å². The van der Waals surface area contributed by atoms with Crippen molar-refractivity contribution >= 4 is 16.9 Å². The highest BCUT2D eigenvalue weighted by atomic mass is 16.4. The number of fused-ring (bicyclic) bond motifs is 1. The number of benzene rings is 1. The second-order valence-electron chi connectivity index (χ2n) is 3.62. The Labute approximate surface area is 96.5 Å². The lowest BCUT2D eigenvalue weighted by Gasteiger charge is -2.11. The molecular weight excluding hydrogens is 222 g/mol. The van der Waals surface area contributed by atoms with Crippen LogP contribution in [0.1, 0.15) is 19.4 Å². The van der Waals surface area contributed by atoms with Gasteiger partial charge in [0.1, 0.15) is 5.52 Å². The van der Waals surface area contributed by atoms with Gasteiger partial charge in [-0.3, -0.25) is 4.79 Å². The first-order valence-electron chi connectivity index (χ1n) is 5.22. The number of aromatic nitrogens is 3. The van der Waals surface area contributed by atoms with Gasteiger partial charge in [-0.15, -0.1) is 5.10 Å². The Hall–Kier alpha value is -2.24. The third-order valence-corrected chi connectivity index (χ3v) is 2.56. The van der Waals surface area contributed by atoms with Gasteiger partial charge in [-0.05, 0) is 18.6 Å². The van der Waals surface area contributed by atoms with Crippen LogP contribution in [0.15, 0.2) is 29.1 Å². The number of hydrogen-bond donors (Lipinski definition) is 1. The third kappa shape index (κ3) is 1.89.